The van der Waals surface area contributed by atoms with Gasteiger partial charge in [0, 0.05) is 34.6 Å². The highest BCUT2D eigenvalue weighted by atomic mass is 32.1. The normalized spacial score (nSPS) is 13.8. The largest absolute Gasteiger partial charge is 0.486 e. The standard InChI is InChI=1S/C21H23N3O3S/c1-13-15(3)28-20(24-8-4-5-9-24)19(13)14(2)22-21(25)23-16-6-7-17-18(12-16)27-11-10-26-17/h4-9,12,14H,10-11H2,1-3H3,(H2,22,23,25). The fourth-order valence-corrected chi connectivity index (χ4v) is 4.58. The molecule has 3 heterocycles. The monoisotopic (exact) mass is 397 g/mol. The van der Waals surface area contributed by atoms with Crippen LogP contribution in [0.2, 0.25) is 0 Å². The summed E-state index contributed by atoms with van der Waals surface area (Å²) in [5, 5.41) is 7.07. The topological polar surface area (TPSA) is 64.5 Å². The number of thiophene rings is 1. The van der Waals surface area contributed by atoms with Gasteiger partial charge in [-0.25, -0.2) is 4.79 Å². The Balaban J connectivity index is 1.50. The van der Waals surface area contributed by atoms with E-state index in [1.807, 2.05) is 43.6 Å². The lowest BCUT2D eigenvalue weighted by Gasteiger charge is -2.20. The molecule has 2 N–H and O–H groups in total. The SMILES string of the molecule is Cc1sc(-n2cccc2)c(C(C)NC(=O)Nc2ccc3c(c2)OCCO3)c1C. The van der Waals surface area contributed by atoms with E-state index in [-0.39, 0.29) is 12.1 Å². The molecular weight excluding hydrogens is 374 g/mol. The third-order valence-electron chi connectivity index (χ3n) is 4.83. The summed E-state index contributed by atoms with van der Waals surface area (Å²) < 4.78 is 13.2. The zero-order valence-corrected chi connectivity index (χ0v) is 16.9. The lowest BCUT2D eigenvalue weighted by Crippen LogP contribution is -2.31. The summed E-state index contributed by atoms with van der Waals surface area (Å²) in [5.74, 6) is 1.35. The predicted molar refractivity (Wildman–Crippen MR) is 111 cm³/mol. The number of aromatic nitrogens is 1. The molecule has 3 aromatic rings. The van der Waals surface area contributed by atoms with Crippen LogP contribution >= 0.6 is 11.3 Å². The number of benzene rings is 1. The molecular formula is C21H23N3O3S. The maximum absolute atomic E-state index is 12.6. The number of rotatable bonds is 4. The molecule has 0 spiro atoms. The lowest BCUT2D eigenvalue weighted by molar-refractivity contribution is 0.171. The molecule has 0 saturated carbocycles. The number of anilines is 1. The molecule has 6 nitrogen and oxygen atoms in total. The summed E-state index contributed by atoms with van der Waals surface area (Å²) in [6.07, 6.45) is 4.05. The minimum absolute atomic E-state index is 0.139. The van der Waals surface area contributed by atoms with Gasteiger partial charge in [0.1, 0.15) is 18.2 Å². The number of hydrogen-bond donors (Lipinski definition) is 2. The van der Waals surface area contributed by atoms with Crippen molar-refractivity contribution < 1.29 is 14.3 Å². The van der Waals surface area contributed by atoms with Gasteiger partial charge in [-0.15, -0.1) is 11.3 Å². The maximum Gasteiger partial charge on any atom is 0.319 e. The Kier molecular flexibility index (Phi) is 5.00. The Hall–Kier alpha value is -2.93. The van der Waals surface area contributed by atoms with Crippen LogP contribution in [0.25, 0.3) is 5.00 Å². The molecule has 28 heavy (non-hydrogen) atoms. The van der Waals surface area contributed by atoms with Crippen molar-refractivity contribution in [2.75, 3.05) is 18.5 Å². The Bertz CT molecular complexity index is 995. The van der Waals surface area contributed by atoms with Crippen molar-refractivity contribution in [3.8, 4) is 16.5 Å². The van der Waals surface area contributed by atoms with Crippen molar-refractivity contribution in [1.82, 2.24) is 9.88 Å². The minimum atomic E-state index is -0.258. The van der Waals surface area contributed by atoms with Crippen LogP contribution in [0.15, 0.2) is 42.7 Å². The molecule has 2 aromatic heterocycles. The fourth-order valence-electron chi connectivity index (χ4n) is 3.36. The second kappa shape index (κ2) is 7.59. The van der Waals surface area contributed by atoms with Gasteiger partial charge in [0.15, 0.2) is 11.5 Å². The van der Waals surface area contributed by atoms with E-state index in [9.17, 15) is 4.79 Å². The van der Waals surface area contributed by atoms with Gasteiger partial charge in [-0.05, 0) is 50.6 Å². The van der Waals surface area contributed by atoms with Gasteiger partial charge in [0.05, 0.1) is 6.04 Å². The van der Waals surface area contributed by atoms with Crippen LogP contribution in [-0.4, -0.2) is 23.8 Å². The van der Waals surface area contributed by atoms with E-state index in [0.29, 0.717) is 30.4 Å². The summed E-state index contributed by atoms with van der Waals surface area (Å²) in [4.78, 5) is 13.8. The molecule has 1 aliphatic rings. The van der Waals surface area contributed by atoms with Crippen LogP contribution in [0.3, 0.4) is 0 Å². The Morgan fingerprint density at radius 1 is 1.14 bits per heavy atom. The highest BCUT2D eigenvalue weighted by Crippen LogP contribution is 2.35. The number of ether oxygens (including phenoxy) is 2. The lowest BCUT2D eigenvalue weighted by atomic mass is 10.1. The molecule has 0 bridgehead atoms. The number of carbonyl (C=O) groups is 1. The van der Waals surface area contributed by atoms with E-state index >= 15 is 0 Å². The number of aryl methyl sites for hydroxylation is 1. The van der Waals surface area contributed by atoms with Crippen molar-refractivity contribution in [1.29, 1.82) is 0 Å². The van der Waals surface area contributed by atoms with E-state index in [2.05, 4.69) is 29.0 Å². The Morgan fingerprint density at radius 3 is 2.61 bits per heavy atom. The molecule has 4 rings (SSSR count). The molecule has 146 valence electrons. The van der Waals surface area contributed by atoms with Crippen molar-refractivity contribution >= 4 is 23.1 Å². The smallest absolute Gasteiger partial charge is 0.319 e. The minimum Gasteiger partial charge on any atom is -0.486 e. The van der Waals surface area contributed by atoms with Crippen LogP contribution in [-0.2, 0) is 0 Å². The van der Waals surface area contributed by atoms with E-state index in [0.717, 1.165) is 10.6 Å². The number of fused-ring (bicyclic) bond motifs is 1. The number of carbonyl (C=O) groups excluding carboxylic acids is 1. The fraction of sp³-hybridized carbons (Fsp3) is 0.286. The zero-order chi connectivity index (χ0) is 19.7. The van der Waals surface area contributed by atoms with Crippen LogP contribution in [0.4, 0.5) is 10.5 Å². The van der Waals surface area contributed by atoms with Gasteiger partial charge >= 0.3 is 6.03 Å². The van der Waals surface area contributed by atoms with E-state index < -0.39 is 0 Å². The number of amides is 2. The predicted octanol–water partition coefficient (Wildman–Crippen LogP) is 4.81. The van der Waals surface area contributed by atoms with Crippen molar-refractivity contribution in [3.05, 3.63) is 58.7 Å². The molecule has 2 amide bonds. The highest BCUT2D eigenvalue weighted by Gasteiger charge is 2.21. The molecule has 0 saturated heterocycles. The molecule has 1 atom stereocenters. The summed E-state index contributed by atoms with van der Waals surface area (Å²) in [7, 11) is 0. The summed E-state index contributed by atoms with van der Waals surface area (Å²) >= 11 is 1.73. The molecule has 0 aliphatic carbocycles. The molecule has 1 aromatic carbocycles. The van der Waals surface area contributed by atoms with Gasteiger partial charge in [0.2, 0.25) is 0 Å². The van der Waals surface area contributed by atoms with Gasteiger partial charge in [0.25, 0.3) is 0 Å². The average molecular weight is 398 g/mol. The zero-order valence-electron chi connectivity index (χ0n) is 16.1. The van der Waals surface area contributed by atoms with Crippen LogP contribution in [0.1, 0.15) is 29.0 Å². The Morgan fingerprint density at radius 2 is 1.86 bits per heavy atom. The highest BCUT2D eigenvalue weighted by molar-refractivity contribution is 7.14. The molecule has 7 heteroatoms. The van der Waals surface area contributed by atoms with Crippen molar-refractivity contribution in [2.45, 2.75) is 26.8 Å². The number of nitrogens with one attached hydrogen (secondary N) is 2. The molecule has 0 fully saturated rings. The van der Waals surface area contributed by atoms with E-state index in [1.54, 1.807) is 17.4 Å². The number of hydrogen-bond acceptors (Lipinski definition) is 4. The van der Waals surface area contributed by atoms with Gasteiger partial charge in [-0.1, -0.05) is 0 Å². The maximum atomic E-state index is 12.6. The first-order valence-electron chi connectivity index (χ1n) is 9.23. The van der Waals surface area contributed by atoms with Crippen LogP contribution in [0, 0.1) is 13.8 Å². The number of nitrogens with zero attached hydrogens (tertiary/aromatic N) is 1. The first kappa shape index (κ1) is 18.4. The average Bonchev–Trinajstić information content (AvgIpc) is 3.30. The third kappa shape index (κ3) is 3.57. The van der Waals surface area contributed by atoms with Gasteiger partial charge in [-0.2, -0.15) is 0 Å². The summed E-state index contributed by atoms with van der Waals surface area (Å²) in [6.45, 7) is 7.27. The van der Waals surface area contributed by atoms with Crippen LogP contribution in [0.5, 0.6) is 11.5 Å². The second-order valence-corrected chi connectivity index (χ2v) is 7.97. The second-order valence-electron chi connectivity index (χ2n) is 6.77. The first-order valence-corrected chi connectivity index (χ1v) is 10.0. The molecule has 0 radical (unpaired) electrons. The van der Waals surface area contributed by atoms with Gasteiger partial charge in [-0.3, -0.25) is 0 Å². The number of urea groups is 1. The summed E-state index contributed by atoms with van der Waals surface area (Å²) in [5.41, 5.74) is 3.01. The Labute approximate surface area is 168 Å². The van der Waals surface area contributed by atoms with E-state index in [4.69, 9.17) is 9.47 Å². The first-order chi connectivity index (χ1) is 13.5. The molecule has 1 unspecified atom stereocenters. The summed E-state index contributed by atoms with van der Waals surface area (Å²) in [6, 6.07) is 9.00. The quantitative estimate of drug-likeness (QED) is 0.664. The van der Waals surface area contributed by atoms with E-state index in [1.165, 1.54) is 10.4 Å². The van der Waals surface area contributed by atoms with Crippen LogP contribution < -0.4 is 20.1 Å². The van der Waals surface area contributed by atoms with Crippen molar-refractivity contribution in [3.63, 3.8) is 0 Å². The van der Waals surface area contributed by atoms with Crippen molar-refractivity contribution in [2.24, 2.45) is 0 Å². The van der Waals surface area contributed by atoms with Gasteiger partial charge < -0.3 is 24.7 Å². The molecule has 1 aliphatic heterocycles. The third-order valence-corrected chi connectivity index (χ3v) is 6.07.